The predicted octanol–water partition coefficient (Wildman–Crippen LogP) is 0.600. The summed E-state index contributed by atoms with van der Waals surface area (Å²) in [4.78, 5) is 6.88. The van der Waals surface area contributed by atoms with Crippen molar-refractivity contribution in [3.63, 3.8) is 0 Å². The molecule has 1 aromatic rings. The molecular weight excluding hydrogens is 214 g/mol. The van der Waals surface area contributed by atoms with Gasteiger partial charge in [0.15, 0.2) is 5.13 Å². The van der Waals surface area contributed by atoms with Crippen LogP contribution in [0.15, 0.2) is 0 Å². The third-order valence-electron chi connectivity index (χ3n) is 1.93. The zero-order valence-corrected chi connectivity index (χ0v) is 10.0. The molecule has 5 nitrogen and oxygen atoms in total. The summed E-state index contributed by atoms with van der Waals surface area (Å²) < 4.78 is 5.12. The van der Waals surface area contributed by atoms with Crippen LogP contribution < -0.4 is 15.4 Å². The minimum absolute atomic E-state index is 0.444. The van der Waals surface area contributed by atoms with E-state index in [9.17, 15) is 5.11 Å². The van der Waals surface area contributed by atoms with E-state index in [4.69, 9.17) is 10.5 Å². The normalized spacial score (nSPS) is 12.6. The number of anilines is 1. The van der Waals surface area contributed by atoms with Crippen LogP contribution in [0.5, 0.6) is 5.88 Å². The number of hydrogen-bond donors (Lipinski definition) is 2. The molecule has 0 fully saturated rings. The smallest absolute Gasteiger partial charge is 0.232 e. The number of aromatic nitrogens is 1. The monoisotopic (exact) mass is 231 g/mol. The SMILES string of the molecule is COc1nc(N(C)C)sc1C(O)CCN. The van der Waals surface area contributed by atoms with Gasteiger partial charge in [-0.3, -0.25) is 0 Å². The average molecular weight is 231 g/mol. The third kappa shape index (κ3) is 2.80. The lowest BCUT2D eigenvalue weighted by molar-refractivity contribution is 0.169. The Morgan fingerprint density at radius 1 is 1.60 bits per heavy atom. The summed E-state index contributed by atoms with van der Waals surface area (Å²) in [7, 11) is 5.35. The fourth-order valence-electron chi connectivity index (χ4n) is 1.14. The van der Waals surface area contributed by atoms with Crippen molar-refractivity contribution in [1.29, 1.82) is 0 Å². The van der Waals surface area contributed by atoms with Gasteiger partial charge in [-0.15, -0.1) is 0 Å². The number of aliphatic hydroxyl groups is 1. The van der Waals surface area contributed by atoms with Crippen molar-refractivity contribution in [3.8, 4) is 5.88 Å². The van der Waals surface area contributed by atoms with Gasteiger partial charge >= 0.3 is 0 Å². The van der Waals surface area contributed by atoms with E-state index in [1.165, 1.54) is 11.3 Å². The standard InChI is InChI=1S/C9H17N3O2S/c1-12(2)9-11-8(14-3)7(15-9)6(13)4-5-10/h6,13H,4-5,10H2,1-3H3. The Kier molecular flexibility index (Phi) is 4.31. The maximum absolute atomic E-state index is 9.82. The van der Waals surface area contributed by atoms with Gasteiger partial charge in [-0.05, 0) is 13.0 Å². The Labute approximate surface area is 93.5 Å². The Hall–Kier alpha value is -0.850. The number of rotatable bonds is 5. The van der Waals surface area contributed by atoms with Gasteiger partial charge in [-0.25, -0.2) is 0 Å². The van der Waals surface area contributed by atoms with Crippen LogP contribution in [0.25, 0.3) is 0 Å². The van der Waals surface area contributed by atoms with Crippen molar-refractivity contribution < 1.29 is 9.84 Å². The number of hydrogen-bond acceptors (Lipinski definition) is 6. The Balaban J connectivity index is 2.94. The highest BCUT2D eigenvalue weighted by atomic mass is 32.1. The van der Waals surface area contributed by atoms with E-state index in [2.05, 4.69) is 4.98 Å². The molecule has 0 radical (unpaired) electrons. The van der Waals surface area contributed by atoms with Crippen LogP contribution in [0.1, 0.15) is 17.4 Å². The van der Waals surface area contributed by atoms with Crippen LogP contribution in [-0.2, 0) is 0 Å². The zero-order chi connectivity index (χ0) is 11.4. The molecular formula is C9H17N3O2S. The molecule has 1 rings (SSSR count). The fourth-order valence-corrected chi connectivity index (χ4v) is 2.12. The Morgan fingerprint density at radius 2 is 2.27 bits per heavy atom. The number of ether oxygens (including phenoxy) is 1. The van der Waals surface area contributed by atoms with Crippen LogP contribution in [-0.4, -0.2) is 37.8 Å². The zero-order valence-electron chi connectivity index (χ0n) is 9.23. The van der Waals surface area contributed by atoms with Gasteiger partial charge in [-0.1, -0.05) is 11.3 Å². The predicted molar refractivity (Wildman–Crippen MR) is 61.6 cm³/mol. The molecule has 3 N–H and O–H groups in total. The average Bonchev–Trinajstić information content (AvgIpc) is 2.61. The Bertz CT molecular complexity index is 314. The third-order valence-corrected chi connectivity index (χ3v) is 3.23. The minimum Gasteiger partial charge on any atom is -0.480 e. The van der Waals surface area contributed by atoms with Gasteiger partial charge in [0.25, 0.3) is 0 Å². The van der Waals surface area contributed by atoms with Crippen LogP contribution in [0, 0.1) is 0 Å². The summed E-state index contributed by atoms with van der Waals surface area (Å²) in [5, 5.41) is 10.6. The molecule has 1 heterocycles. The number of methoxy groups -OCH3 is 1. The van der Waals surface area contributed by atoms with Crippen molar-refractivity contribution in [2.75, 3.05) is 32.6 Å². The van der Waals surface area contributed by atoms with Crippen LogP contribution in [0.3, 0.4) is 0 Å². The van der Waals surface area contributed by atoms with Gasteiger partial charge < -0.3 is 20.5 Å². The van der Waals surface area contributed by atoms with Gasteiger partial charge in [-0.2, -0.15) is 4.98 Å². The maximum atomic E-state index is 9.82. The number of nitrogens with two attached hydrogens (primary N) is 1. The van der Waals surface area contributed by atoms with Gasteiger partial charge in [0.1, 0.15) is 0 Å². The van der Waals surface area contributed by atoms with Gasteiger partial charge in [0, 0.05) is 14.1 Å². The molecule has 1 aromatic heterocycles. The Morgan fingerprint density at radius 3 is 2.73 bits per heavy atom. The summed E-state index contributed by atoms with van der Waals surface area (Å²) in [6.45, 7) is 0.444. The second-order valence-electron chi connectivity index (χ2n) is 3.36. The molecule has 0 aliphatic carbocycles. The lowest BCUT2D eigenvalue weighted by Gasteiger charge is -2.07. The van der Waals surface area contributed by atoms with Crippen molar-refractivity contribution >= 4 is 16.5 Å². The lowest BCUT2D eigenvalue weighted by atomic mass is 10.2. The molecule has 0 bridgehead atoms. The molecule has 0 aromatic carbocycles. The first-order chi connectivity index (χ1) is 7.10. The summed E-state index contributed by atoms with van der Waals surface area (Å²) in [5.41, 5.74) is 5.40. The van der Waals surface area contributed by atoms with E-state index >= 15 is 0 Å². The van der Waals surface area contributed by atoms with E-state index in [1.54, 1.807) is 7.11 Å². The fraction of sp³-hybridized carbons (Fsp3) is 0.667. The first-order valence-electron chi connectivity index (χ1n) is 4.70. The minimum atomic E-state index is -0.587. The number of aliphatic hydroxyl groups excluding tert-OH is 1. The molecule has 0 spiro atoms. The molecule has 0 aliphatic rings. The van der Waals surface area contributed by atoms with Crippen molar-refractivity contribution in [2.24, 2.45) is 5.73 Å². The summed E-state index contributed by atoms with van der Waals surface area (Å²) in [6, 6.07) is 0. The molecule has 1 unspecified atom stereocenters. The highest BCUT2D eigenvalue weighted by molar-refractivity contribution is 7.16. The summed E-state index contributed by atoms with van der Waals surface area (Å²) >= 11 is 1.42. The molecule has 15 heavy (non-hydrogen) atoms. The number of thiazole rings is 1. The highest BCUT2D eigenvalue weighted by Crippen LogP contribution is 2.36. The quantitative estimate of drug-likeness (QED) is 0.776. The lowest BCUT2D eigenvalue weighted by Crippen LogP contribution is -2.07. The maximum Gasteiger partial charge on any atom is 0.232 e. The second kappa shape index (κ2) is 5.29. The summed E-state index contributed by atoms with van der Waals surface area (Å²) in [5.74, 6) is 0.490. The summed E-state index contributed by atoms with van der Waals surface area (Å²) in [6.07, 6.45) is -0.0676. The van der Waals surface area contributed by atoms with E-state index in [-0.39, 0.29) is 0 Å². The first-order valence-corrected chi connectivity index (χ1v) is 5.52. The van der Waals surface area contributed by atoms with Crippen LogP contribution in [0.4, 0.5) is 5.13 Å². The second-order valence-corrected chi connectivity index (χ2v) is 4.37. The molecule has 1 atom stereocenters. The van der Waals surface area contributed by atoms with Crippen molar-refractivity contribution in [3.05, 3.63) is 4.88 Å². The largest absolute Gasteiger partial charge is 0.480 e. The van der Waals surface area contributed by atoms with Crippen molar-refractivity contribution in [2.45, 2.75) is 12.5 Å². The molecule has 0 amide bonds. The van der Waals surface area contributed by atoms with Crippen molar-refractivity contribution in [1.82, 2.24) is 4.98 Å². The topological polar surface area (TPSA) is 71.6 Å². The van der Waals surface area contributed by atoms with Gasteiger partial charge in [0.05, 0.1) is 18.1 Å². The molecule has 0 saturated heterocycles. The van der Waals surface area contributed by atoms with E-state index in [0.717, 1.165) is 10.0 Å². The van der Waals surface area contributed by atoms with Crippen LogP contribution >= 0.6 is 11.3 Å². The molecule has 0 aliphatic heterocycles. The molecule has 0 saturated carbocycles. The highest BCUT2D eigenvalue weighted by Gasteiger charge is 2.19. The van der Waals surface area contributed by atoms with E-state index in [0.29, 0.717) is 18.8 Å². The molecule has 86 valence electrons. The molecule has 6 heteroatoms. The van der Waals surface area contributed by atoms with Crippen LogP contribution in [0.2, 0.25) is 0 Å². The van der Waals surface area contributed by atoms with E-state index in [1.807, 2.05) is 19.0 Å². The first kappa shape index (κ1) is 12.2. The number of nitrogens with zero attached hydrogens (tertiary/aromatic N) is 2. The van der Waals surface area contributed by atoms with Gasteiger partial charge in [0.2, 0.25) is 5.88 Å². The van der Waals surface area contributed by atoms with E-state index < -0.39 is 6.10 Å².